The Balaban J connectivity index is 1.34. The summed E-state index contributed by atoms with van der Waals surface area (Å²) in [6.45, 7) is 6.96. The van der Waals surface area contributed by atoms with Crippen molar-refractivity contribution in [2.75, 3.05) is 32.7 Å². The summed E-state index contributed by atoms with van der Waals surface area (Å²) in [5.41, 5.74) is 2.60. The van der Waals surface area contributed by atoms with E-state index in [1.165, 1.54) is 22.5 Å². The molecule has 6 heteroatoms. The lowest BCUT2D eigenvalue weighted by Gasteiger charge is -2.37. The third-order valence-corrected chi connectivity index (χ3v) is 6.56. The second-order valence-electron chi connectivity index (χ2n) is 7.72. The van der Waals surface area contributed by atoms with Crippen molar-refractivity contribution in [3.05, 3.63) is 57.8 Å². The minimum atomic E-state index is -0.294. The molecule has 2 amide bonds. The first-order valence-corrected chi connectivity index (χ1v) is 10.9. The molecule has 0 unspecified atom stereocenters. The predicted molar refractivity (Wildman–Crippen MR) is 111 cm³/mol. The van der Waals surface area contributed by atoms with E-state index in [-0.39, 0.29) is 17.9 Å². The Morgan fingerprint density at radius 2 is 1.89 bits per heavy atom. The van der Waals surface area contributed by atoms with Crippen molar-refractivity contribution in [3.63, 3.8) is 0 Å². The number of hydrogen-bond donors (Lipinski definition) is 0. The Hall–Kier alpha value is -2.18. The summed E-state index contributed by atoms with van der Waals surface area (Å²) >= 11 is 1.45. The molecule has 2 saturated heterocycles. The van der Waals surface area contributed by atoms with Gasteiger partial charge in [-0.3, -0.25) is 14.5 Å². The van der Waals surface area contributed by atoms with Crippen LogP contribution in [0.1, 0.15) is 33.6 Å². The number of carbonyl (C=O) groups excluding carboxylic acids is 2. The molecule has 28 heavy (non-hydrogen) atoms. The van der Waals surface area contributed by atoms with Crippen LogP contribution < -0.4 is 0 Å². The molecule has 0 bridgehead atoms. The summed E-state index contributed by atoms with van der Waals surface area (Å²) in [7, 11) is 0. The first kappa shape index (κ1) is 19.2. The lowest BCUT2D eigenvalue weighted by Crippen LogP contribution is -2.54. The Morgan fingerprint density at radius 3 is 2.61 bits per heavy atom. The van der Waals surface area contributed by atoms with Crippen molar-refractivity contribution in [2.24, 2.45) is 0 Å². The molecule has 4 rings (SSSR count). The SMILES string of the molecule is Cc1cccc(CN2CCN(C(=O)[C@@H]3CCCN3C(=O)c3cccs3)CC2)c1. The highest BCUT2D eigenvalue weighted by molar-refractivity contribution is 7.12. The molecule has 0 N–H and O–H groups in total. The van der Waals surface area contributed by atoms with Gasteiger partial charge in [0.05, 0.1) is 4.88 Å². The van der Waals surface area contributed by atoms with Gasteiger partial charge in [0.25, 0.3) is 5.91 Å². The first-order valence-electron chi connectivity index (χ1n) is 10.0. The van der Waals surface area contributed by atoms with E-state index in [4.69, 9.17) is 0 Å². The highest BCUT2D eigenvalue weighted by atomic mass is 32.1. The number of carbonyl (C=O) groups is 2. The zero-order valence-corrected chi connectivity index (χ0v) is 17.2. The molecule has 148 valence electrons. The van der Waals surface area contributed by atoms with E-state index in [1.807, 2.05) is 22.4 Å². The van der Waals surface area contributed by atoms with Crippen LogP contribution in [0.4, 0.5) is 0 Å². The number of thiophene rings is 1. The average molecular weight is 398 g/mol. The molecule has 0 spiro atoms. The molecule has 3 heterocycles. The summed E-state index contributed by atoms with van der Waals surface area (Å²) in [6.07, 6.45) is 1.68. The molecule has 0 radical (unpaired) electrons. The monoisotopic (exact) mass is 397 g/mol. The summed E-state index contributed by atoms with van der Waals surface area (Å²) in [6, 6.07) is 12.0. The molecule has 2 aromatic rings. The number of amides is 2. The van der Waals surface area contributed by atoms with Crippen LogP contribution in [0.5, 0.6) is 0 Å². The fourth-order valence-electron chi connectivity index (χ4n) is 4.21. The van der Waals surface area contributed by atoms with Crippen molar-refractivity contribution < 1.29 is 9.59 Å². The minimum absolute atomic E-state index is 0.00364. The van der Waals surface area contributed by atoms with Gasteiger partial charge in [0.15, 0.2) is 0 Å². The largest absolute Gasteiger partial charge is 0.338 e. The molecular weight excluding hydrogens is 370 g/mol. The number of piperazine rings is 1. The molecule has 0 saturated carbocycles. The molecule has 2 aliphatic heterocycles. The normalized spacial score (nSPS) is 20.5. The standard InChI is InChI=1S/C22H27N3O2S/c1-17-5-2-6-18(15-17)16-23-10-12-24(13-11-23)21(26)19-7-3-9-25(19)22(27)20-8-4-14-28-20/h2,4-6,8,14-15,19H,3,7,9-13,16H2,1H3/t19-/m0/s1. The third kappa shape index (κ3) is 4.13. The van der Waals surface area contributed by atoms with Crippen molar-refractivity contribution in [1.82, 2.24) is 14.7 Å². The molecule has 5 nitrogen and oxygen atoms in total. The Morgan fingerprint density at radius 1 is 1.07 bits per heavy atom. The van der Waals surface area contributed by atoms with Crippen LogP contribution in [0.15, 0.2) is 41.8 Å². The van der Waals surface area contributed by atoms with Crippen LogP contribution in [-0.4, -0.2) is 65.3 Å². The molecule has 1 aromatic heterocycles. The van der Waals surface area contributed by atoms with E-state index in [0.29, 0.717) is 6.54 Å². The van der Waals surface area contributed by atoms with Gasteiger partial charge in [0.1, 0.15) is 6.04 Å². The zero-order chi connectivity index (χ0) is 19.5. The lowest BCUT2D eigenvalue weighted by molar-refractivity contribution is -0.137. The van der Waals surface area contributed by atoms with Crippen molar-refractivity contribution in [3.8, 4) is 0 Å². The van der Waals surface area contributed by atoms with Crippen LogP contribution in [0.25, 0.3) is 0 Å². The second kappa shape index (κ2) is 8.45. The van der Waals surface area contributed by atoms with E-state index in [0.717, 1.165) is 50.4 Å². The molecule has 1 atom stereocenters. The van der Waals surface area contributed by atoms with Gasteiger partial charge in [-0.2, -0.15) is 0 Å². The van der Waals surface area contributed by atoms with E-state index < -0.39 is 0 Å². The van der Waals surface area contributed by atoms with Crippen molar-refractivity contribution in [2.45, 2.75) is 32.4 Å². The molecule has 0 aliphatic carbocycles. The van der Waals surface area contributed by atoms with Crippen molar-refractivity contribution in [1.29, 1.82) is 0 Å². The topological polar surface area (TPSA) is 43.9 Å². The summed E-state index contributed by atoms with van der Waals surface area (Å²) in [5, 5.41) is 1.91. The lowest BCUT2D eigenvalue weighted by atomic mass is 10.1. The van der Waals surface area contributed by atoms with E-state index in [1.54, 1.807) is 4.90 Å². The second-order valence-corrected chi connectivity index (χ2v) is 8.67. The van der Waals surface area contributed by atoms with E-state index in [9.17, 15) is 9.59 Å². The Bertz CT molecular complexity index is 828. The predicted octanol–water partition coefficient (Wildman–Crippen LogP) is 3.01. The summed E-state index contributed by atoms with van der Waals surface area (Å²) in [5.74, 6) is 0.126. The van der Waals surface area contributed by atoms with E-state index in [2.05, 4.69) is 36.1 Å². The van der Waals surface area contributed by atoms with E-state index >= 15 is 0 Å². The number of nitrogens with zero attached hydrogens (tertiary/aromatic N) is 3. The third-order valence-electron chi connectivity index (χ3n) is 5.70. The minimum Gasteiger partial charge on any atom is -0.338 e. The highest BCUT2D eigenvalue weighted by Gasteiger charge is 2.37. The highest BCUT2D eigenvalue weighted by Crippen LogP contribution is 2.24. The van der Waals surface area contributed by atoms with Gasteiger partial charge in [-0.15, -0.1) is 11.3 Å². The van der Waals surface area contributed by atoms with Gasteiger partial charge in [-0.05, 0) is 36.8 Å². The number of hydrogen-bond acceptors (Lipinski definition) is 4. The quantitative estimate of drug-likeness (QED) is 0.797. The summed E-state index contributed by atoms with van der Waals surface area (Å²) in [4.78, 5) is 32.7. The number of likely N-dealkylation sites (tertiary alicyclic amines) is 1. The fraction of sp³-hybridized carbons (Fsp3) is 0.455. The maximum atomic E-state index is 13.1. The maximum absolute atomic E-state index is 13.1. The number of benzene rings is 1. The maximum Gasteiger partial charge on any atom is 0.264 e. The molecular formula is C22H27N3O2S. The smallest absolute Gasteiger partial charge is 0.264 e. The van der Waals surface area contributed by atoms with Gasteiger partial charge >= 0.3 is 0 Å². The zero-order valence-electron chi connectivity index (χ0n) is 16.3. The average Bonchev–Trinajstić information content (AvgIpc) is 3.40. The van der Waals surface area contributed by atoms with Crippen LogP contribution in [0, 0.1) is 6.92 Å². The first-order chi connectivity index (χ1) is 13.6. The van der Waals surface area contributed by atoms with Gasteiger partial charge in [0.2, 0.25) is 5.91 Å². The van der Waals surface area contributed by atoms with Crippen LogP contribution in [-0.2, 0) is 11.3 Å². The van der Waals surface area contributed by atoms with Gasteiger partial charge < -0.3 is 9.80 Å². The van der Waals surface area contributed by atoms with Crippen molar-refractivity contribution >= 4 is 23.2 Å². The van der Waals surface area contributed by atoms with Gasteiger partial charge in [-0.25, -0.2) is 0 Å². The van der Waals surface area contributed by atoms with Crippen LogP contribution in [0.3, 0.4) is 0 Å². The molecule has 1 aromatic carbocycles. The van der Waals surface area contributed by atoms with Gasteiger partial charge in [0, 0.05) is 39.3 Å². The fourth-order valence-corrected chi connectivity index (χ4v) is 4.89. The summed E-state index contributed by atoms with van der Waals surface area (Å²) < 4.78 is 0. The van der Waals surface area contributed by atoms with Gasteiger partial charge in [-0.1, -0.05) is 35.9 Å². The Labute approximate surface area is 170 Å². The molecule has 2 aliphatic rings. The number of rotatable bonds is 4. The number of aryl methyl sites for hydroxylation is 1. The van der Waals surface area contributed by atoms with Crippen LogP contribution >= 0.6 is 11.3 Å². The van der Waals surface area contributed by atoms with Crippen LogP contribution in [0.2, 0.25) is 0 Å². The Kier molecular flexibility index (Phi) is 5.78. The molecule has 2 fully saturated rings.